The standard InChI is InChI=1S/C23H32N4O3/c1-16(23(29)30-25-17(2)28)27-13-10-22(26-11-6-3-7-12-26)20(15-27)19-14-24-21-9-5-4-8-18(19)21/h4-5,8-9,14,16,20,22,24H,3,6-7,10-13,15H2,1-2H3,(H,25,28). The molecule has 2 aliphatic heterocycles. The fourth-order valence-corrected chi connectivity index (χ4v) is 5.07. The van der Waals surface area contributed by atoms with E-state index in [1.54, 1.807) is 0 Å². The minimum atomic E-state index is -0.417. The zero-order valence-electron chi connectivity index (χ0n) is 17.9. The highest BCUT2D eigenvalue weighted by Crippen LogP contribution is 2.36. The maximum absolute atomic E-state index is 12.4. The fourth-order valence-electron chi connectivity index (χ4n) is 5.07. The minimum Gasteiger partial charge on any atom is -0.361 e. The highest BCUT2D eigenvalue weighted by Gasteiger charge is 2.38. The first-order chi connectivity index (χ1) is 14.5. The Morgan fingerprint density at radius 2 is 1.93 bits per heavy atom. The van der Waals surface area contributed by atoms with Crippen LogP contribution in [0, 0.1) is 0 Å². The van der Waals surface area contributed by atoms with Gasteiger partial charge in [-0.05, 0) is 50.9 Å². The summed E-state index contributed by atoms with van der Waals surface area (Å²) in [5.74, 6) is -0.487. The van der Waals surface area contributed by atoms with E-state index in [0.29, 0.717) is 12.0 Å². The molecule has 2 saturated heterocycles. The van der Waals surface area contributed by atoms with Crippen LogP contribution in [0.25, 0.3) is 10.9 Å². The van der Waals surface area contributed by atoms with Gasteiger partial charge in [0.1, 0.15) is 6.04 Å². The van der Waals surface area contributed by atoms with Crippen molar-refractivity contribution in [1.82, 2.24) is 20.3 Å². The number of aromatic amines is 1. The van der Waals surface area contributed by atoms with E-state index in [0.717, 1.165) is 38.1 Å². The van der Waals surface area contributed by atoms with Gasteiger partial charge in [-0.25, -0.2) is 4.79 Å². The maximum atomic E-state index is 12.4. The van der Waals surface area contributed by atoms with E-state index >= 15 is 0 Å². The van der Waals surface area contributed by atoms with Crippen LogP contribution in [0.3, 0.4) is 0 Å². The summed E-state index contributed by atoms with van der Waals surface area (Å²) < 4.78 is 0. The van der Waals surface area contributed by atoms with Crippen molar-refractivity contribution in [2.45, 2.75) is 57.5 Å². The Morgan fingerprint density at radius 3 is 2.70 bits per heavy atom. The van der Waals surface area contributed by atoms with Crippen molar-refractivity contribution in [1.29, 1.82) is 0 Å². The molecule has 3 heterocycles. The first-order valence-electron chi connectivity index (χ1n) is 11.1. The number of hydroxylamine groups is 1. The number of H-pyrrole nitrogens is 1. The average molecular weight is 413 g/mol. The van der Waals surface area contributed by atoms with E-state index < -0.39 is 12.0 Å². The van der Waals surface area contributed by atoms with Gasteiger partial charge in [0.25, 0.3) is 0 Å². The number of para-hydroxylation sites is 1. The third kappa shape index (κ3) is 4.37. The van der Waals surface area contributed by atoms with Crippen molar-refractivity contribution in [3.8, 4) is 0 Å². The van der Waals surface area contributed by atoms with E-state index in [4.69, 9.17) is 4.84 Å². The smallest absolute Gasteiger partial charge is 0.348 e. The molecule has 0 spiro atoms. The number of aromatic nitrogens is 1. The number of carbonyl (C=O) groups is 2. The van der Waals surface area contributed by atoms with Crippen molar-refractivity contribution < 1.29 is 14.4 Å². The quantitative estimate of drug-likeness (QED) is 0.755. The molecule has 0 aliphatic carbocycles. The summed E-state index contributed by atoms with van der Waals surface area (Å²) in [6.07, 6.45) is 7.01. The first-order valence-corrected chi connectivity index (χ1v) is 11.1. The van der Waals surface area contributed by atoms with E-state index in [-0.39, 0.29) is 5.91 Å². The van der Waals surface area contributed by atoms with Crippen LogP contribution in [-0.2, 0) is 14.4 Å². The Labute approximate surface area is 177 Å². The van der Waals surface area contributed by atoms with E-state index in [2.05, 4.69) is 50.7 Å². The lowest BCUT2D eigenvalue weighted by molar-refractivity contribution is -0.163. The Morgan fingerprint density at radius 1 is 1.17 bits per heavy atom. The number of amides is 1. The molecule has 2 N–H and O–H groups in total. The van der Waals surface area contributed by atoms with Crippen molar-refractivity contribution >= 4 is 22.8 Å². The second-order valence-corrected chi connectivity index (χ2v) is 8.60. The predicted molar refractivity (Wildman–Crippen MR) is 116 cm³/mol. The molecule has 2 aliphatic rings. The predicted octanol–water partition coefficient (Wildman–Crippen LogP) is 2.79. The zero-order chi connectivity index (χ0) is 21.1. The number of fused-ring (bicyclic) bond motifs is 1. The molecule has 4 rings (SSSR count). The lowest BCUT2D eigenvalue weighted by Gasteiger charge is -2.46. The minimum absolute atomic E-state index is 0.309. The number of carbonyl (C=O) groups excluding carboxylic acids is 2. The Hall–Kier alpha value is -2.38. The van der Waals surface area contributed by atoms with Gasteiger partial charge in [0.2, 0.25) is 5.91 Å². The highest BCUT2D eigenvalue weighted by atomic mass is 16.7. The third-order valence-corrected chi connectivity index (χ3v) is 6.67. The van der Waals surface area contributed by atoms with Gasteiger partial charge < -0.3 is 9.82 Å². The SMILES string of the molecule is CC(=O)NOC(=O)C(C)N1CCC(N2CCCCC2)C(c2c[nH]c3ccccc23)C1. The molecule has 2 aromatic rings. The van der Waals surface area contributed by atoms with Crippen molar-refractivity contribution in [3.63, 3.8) is 0 Å². The molecule has 0 saturated carbocycles. The molecule has 3 unspecified atom stereocenters. The number of piperidine rings is 2. The molecule has 162 valence electrons. The van der Waals surface area contributed by atoms with Crippen LogP contribution in [0.15, 0.2) is 30.5 Å². The molecule has 30 heavy (non-hydrogen) atoms. The largest absolute Gasteiger partial charge is 0.361 e. The van der Waals surface area contributed by atoms with Crippen LogP contribution >= 0.6 is 0 Å². The number of nitrogens with one attached hydrogen (secondary N) is 2. The molecule has 1 amide bonds. The van der Waals surface area contributed by atoms with Gasteiger partial charge in [-0.1, -0.05) is 24.6 Å². The van der Waals surface area contributed by atoms with Gasteiger partial charge in [0.05, 0.1) is 0 Å². The van der Waals surface area contributed by atoms with Crippen LogP contribution in [-0.4, -0.2) is 64.9 Å². The number of likely N-dealkylation sites (tertiary alicyclic amines) is 2. The summed E-state index contributed by atoms with van der Waals surface area (Å²) in [5, 5.41) is 1.26. The molecule has 0 radical (unpaired) electrons. The zero-order valence-corrected chi connectivity index (χ0v) is 17.9. The molecule has 1 aromatic carbocycles. The van der Waals surface area contributed by atoms with Crippen molar-refractivity contribution in [3.05, 3.63) is 36.0 Å². The Balaban J connectivity index is 1.57. The van der Waals surface area contributed by atoms with Gasteiger partial charge in [0, 0.05) is 49.1 Å². The number of hydrogen-bond acceptors (Lipinski definition) is 5. The summed E-state index contributed by atoms with van der Waals surface area (Å²) in [5.41, 5.74) is 4.64. The van der Waals surface area contributed by atoms with Crippen LogP contribution < -0.4 is 5.48 Å². The van der Waals surface area contributed by atoms with Crippen LogP contribution in [0.1, 0.15) is 51.0 Å². The van der Waals surface area contributed by atoms with Gasteiger partial charge in [0.15, 0.2) is 0 Å². The van der Waals surface area contributed by atoms with Crippen LogP contribution in [0.4, 0.5) is 0 Å². The maximum Gasteiger partial charge on any atom is 0.348 e. The third-order valence-electron chi connectivity index (χ3n) is 6.67. The second-order valence-electron chi connectivity index (χ2n) is 8.60. The average Bonchev–Trinajstić information content (AvgIpc) is 3.21. The first kappa shape index (κ1) is 20.9. The molecule has 7 heteroatoms. The monoisotopic (exact) mass is 412 g/mol. The van der Waals surface area contributed by atoms with Crippen molar-refractivity contribution in [2.75, 3.05) is 26.2 Å². The second kappa shape index (κ2) is 9.18. The van der Waals surface area contributed by atoms with Gasteiger partial charge in [-0.2, -0.15) is 5.48 Å². The molecule has 3 atom stereocenters. The molecule has 2 fully saturated rings. The van der Waals surface area contributed by atoms with Gasteiger partial charge >= 0.3 is 5.97 Å². The normalized spacial score (nSPS) is 24.5. The molecular weight excluding hydrogens is 380 g/mol. The topological polar surface area (TPSA) is 77.7 Å². The molecule has 1 aromatic heterocycles. The lowest BCUT2D eigenvalue weighted by atomic mass is 9.83. The summed E-state index contributed by atoms with van der Waals surface area (Å²) in [6.45, 7) is 7.13. The summed E-state index contributed by atoms with van der Waals surface area (Å²) >= 11 is 0. The fraction of sp³-hybridized carbons (Fsp3) is 0.565. The van der Waals surface area contributed by atoms with E-state index in [1.807, 2.05) is 6.92 Å². The summed E-state index contributed by atoms with van der Waals surface area (Å²) in [6, 6.07) is 8.50. The van der Waals surface area contributed by atoms with Gasteiger partial charge in [-0.15, -0.1) is 0 Å². The number of rotatable bonds is 4. The van der Waals surface area contributed by atoms with Crippen LogP contribution in [0.5, 0.6) is 0 Å². The van der Waals surface area contributed by atoms with E-state index in [9.17, 15) is 9.59 Å². The summed E-state index contributed by atoms with van der Waals surface area (Å²) in [4.78, 5) is 36.8. The van der Waals surface area contributed by atoms with Crippen molar-refractivity contribution in [2.24, 2.45) is 0 Å². The molecule has 7 nitrogen and oxygen atoms in total. The lowest BCUT2D eigenvalue weighted by Crippen LogP contribution is -2.54. The van der Waals surface area contributed by atoms with Crippen LogP contribution in [0.2, 0.25) is 0 Å². The number of benzene rings is 1. The highest BCUT2D eigenvalue weighted by molar-refractivity contribution is 5.84. The molecule has 0 bridgehead atoms. The Bertz CT molecular complexity index is 889. The number of nitrogens with zero attached hydrogens (tertiary/aromatic N) is 2. The Kier molecular flexibility index (Phi) is 6.39. The van der Waals surface area contributed by atoms with E-state index in [1.165, 1.54) is 37.1 Å². The molecular formula is C23H32N4O3. The summed E-state index contributed by atoms with van der Waals surface area (Å²) in [7, 11) is 0. The van der Waals surface area contributed by atoms with Gasteiger partial charge in [-0.3, -0.25) is 14.6 Å². The number of hydrogen-bond donors (Lipinski definition) is 2.